The van der Waals surface area contributed by atoms with E-state index < -0.39 is 0 Å². The molecule has 0 aliphatic carbocycles. The van der Waals surface area contributed by atoms with E-state index in [0.29, 0.717) is 24.3 Å². The van der Waals surface area contributed by atoms with Crippen LogP contribution in [0.25, 0.3) is 11.1 Å². The quantitative estimate of drug-likeness (QED) is 0.676. The first kappa shape index (κ1) is 16.5. The third-order valence-corrected chi connectivity index (χ3v) is 3.92. The lowest BCUT2D eigenvalue weighted by Gasteiger charge is -2.11. The number of nitriles is 2. The molecule has 3 rings (SSSR count). The SMILES string of the molecule is N#Cc1ccc(-c2ccccc2COCc2cccc(C#N)c2)cc1. The Morgan fingerprint density at radius 2 is 1.48 bits per heavy atom. The highest BCUT2D eigenvalue weighted by atomic mass is 16.5. The minimum Gasteiger partial charge on any atom is -0.372 e. The minimum absolute atomic E-state index is 0.456. The molecule has 0 saturated carbocycles. The number of ether oxygens (including phenoxy) is 1. The molecule has 0 saturated heterocycles. The molecule has 0 aromatic heterocycles. The Morgan fingerprint density at radius 1 is 0.720 bits per heavy atom. The zero-order valence-corrected chi connectivity index (χ0v) is 13.6. The van der Waals surface area contributed by atoms with Crippen molar-refractivity contribution in [1.29, 1.82) is 10.5 Å². The number of rotatable bonds is 5. The third-order valence-electron chi connectivity index (χ3n) is 3.92. The van der Waals surface area contributed by atoms with Gasteiger partial charge in [-0.3, -0.25) is 0 Å². The first-order chi connectivity index (χ1) is 12.3. The van der Waals surface area contributed by atoms with Crippen LogP contribution in [0.5, 0.6) is 0 Å². The number of hydrogen-bond acceptors (Lipinski definition) is 3. The lowest BCUT2D eigenvalue weighted by molar-refractivity contribution is 0.107. The van der Waals surface area contributed by atoms with Crippen LogP contribution in [-0.4, -0.2) is 0 Å². The molecule has 3 aromatic rings. The molecule has 0 heterocycles. The highest BCUT2D eigenvalue weighted by Gasteiger charge is 2.05. The van der Waals surface area contributed by atoms with Crippen LogP contribution in [0.3, 0.4) is 0 Å². The smallest absolute Gasteiger partial charge is 0.0991 e. The molecule has 0 radical (unpaired) electrons. The Labute approximate surface area is 147 Å². The van der Waals surface area contributed by atoms with E-state index in [2.05, 4.69) is 18.2 Å². The van der Waals surface area contributed by atoms with Gasteiger partial charge in [-0.05, 0) is 46.5 Å². The summed E-state index contributed by atoms with van der Waals surface area (Å²) >= 11 is 0. The zero-order chi connectivity index (χ0) is 17.5. The maximum Gasteiger partial charge on any atom is 0.0991 e. The Morgan fingerprint density at radius 3 is 2.24 bits per heavy atom. The molecule has 0 bridgehead atoms. The predicted molar refractivity (Wildman–Crippen MR) is 96.2 cm³/mol. The molecule has 3 aromatic carbocycles. The van der Waals surface area contributed by atoms with Crippen LogP contribution in [-0.2, 0) is 18.0 Å². The highest BCUT2D eigenvalue weighted by Crippen LogP contribution is 2.25. The molecule has 3 heteroatoms. The molecule has 0 amide bonds. The maximum atomic E-state index is 8.95. The van der Waals surface area contributed by atoms with Gasteiger partial charge in [0.2, 0.25) is 0 Å². The van der Waals surface area contributed by atoms with Gasteiger partial charge in [0, 0.05) is 0 Å². The van der Waals surface area contributed by atoms with Gasteiger partial charge in [-0.1, -0.05) is 48.5 Å². The molecule has 3 nitrogen and oxygen atoms in total. The first-order valence-corrected chi connectivity index (χ1v) is 7.95. The van der Waals surface area contributed by atoms with Gasteiger partial charge in [0.05, 0.1) is 36.5 Å². The summed E-state index contributed by atoms with van der Waals surface area (Å²) in [5, 5.41) is 17.9. The van der Waals surface area contributed by atoms with Crippen molar-refractivity contribution in [2.75, 3.05) is 0 Å². The van der Waals surface area contributed by atoms with Crippen LogP contribution >= 0.6 is 0 Å². The Kier molecular flexibility index (Phi) is 5.22. The molecule has 25 heavy (non-hydrogen) atoms. The van der Waals surface area contributed by atoms with Crippen molar-refractivity contribution in [2.24, 2.45) is 0 Å². The molecule has 0 aliphatic heterocycles. The summed E-state index contributed by atoms with van der Waals surface area (Å²) < 4.78 is 5.85. The van der Waals surface area contributed by atoms with Gasteiger partial charge in [-0.15, -0.1) is 0 Å². The highest BCUT2D eigenvalue weighted by molar-refractivity contribution is 5.67. The van der Waals surface area contributed by atoms with Crippen LogP contribution in [0, 0.1) is 22.7 Å². The average Bonchev–Trinajstić information content (AvgIpc) is 2.69. The lowest BCUT2D eigenvalue weighted by Crippen LogP contribution is -1.97. The molecule has 0 fully saturated rings. The molecule has 0 unspecified atom stereocenters. The largest absolute Gasteiger partial charge is 0.372 e. The number of nitrogens with zero attached hydrogens (tertiary/aromatic N) is 2. The van der Waals surface area contributed by atoms with Gasteiger partial charge in [0.15, 0.2) is 0 Å². The van der Waals surface area contributed by atoms with Gasteiger partial charge in [0.25, 0.3) is 0 Å². The van der Waals surface area contributed by atoms with Crippen molar-refractivity contribution >= 4 is 0 Å². The summed E-state index contributed by atoms with van der Waals surface area (Å²) in [5.41, 5.74) is 5.51. The van der Waals surface area contributed by atoms with E-state index in [-0.39, 0.29) is 0 Å². The van der Waals surface area contributed by atoms with Crippen molar-refractivity contribution in [3.63, 3.8) is 0 Å². The summed E-state index contributed by atoms with van der Waals surface area (Å²) in [7, 11) is 0. The van der Waals surface area contributed by atoms with Crippen LogP contribution in [0.2, 0.25) is 0 Å². The molecule has 0 aliphatic rings. The van der Waals surface area contributed by atoms with Crippen molar-refractivity contribution < 1.29 is 4.74 Å². The Bertz CT molecular complexity index is 947. The maximum absolute atomic E-state index is 8.95. The Hall–Kier alpha value is -3.40. The lowest BCUT2D eigenvalue weighted by atomic mass is 9.99. The fraction of sp³-hybridized carbons (Fsp3) is 0.0909. The summed E-state index contributed by atoms with van der Waals surface area (Å²) in [5.74, 6) is 0. The summed E-state index contributed by atoms with van der Waals surface area (Å²) in [6, 6.07) is 27.3. The first-order valence-electron chi connectivity index (χ1n) is 7.95. The standard InChI is InChI=1S/C22H16N2O/c23-13-17-8-10-20(11-9-17)22-7-2-1-6-21(22)16-25-15-19-5-3-4-18(12-19)14-24/h1-12H,15-16H2. The van der Waals surface area contributed by atoms with Crippen molar-refractivity contribution in [3.8, 4) is 23.3 Å². The van der Waals surface area contributed by atoms with E-state index in [4.69, 9.17) is 15.3 Å². The van der Waals surface area contributed by atoms with Crippen LogP contribution in [0.1, 0.15) is 22.3 Å². The van der Waals surface area contributed by atoms with E-state index in [0.717, 1.165) is 22.3 Å². The second-order valence-electron chi connectivity index (χ2n) is 5.65. The topological polar surface area (TPSA) is 56.8 Å². The van der Waals surface area contributed by atoms with Gasteiger partial charge in [-0.2, -0.15) is 10.5 Å². The van der Waals surface area contributed by atoms with E-state index in [1.54, 1.807) is 6.07 Å². The predicted octanol–water partition coefficient (Wildman–Crippen LogP) is 4.81. The monoisotopic (exact) mass is 324 g/mol. The molecular weight excluding hydrogens is 308 g/mol. The summed E-state index contributed by atoms with van der Waals surface area (Å²) in [6.07, 6.45) is 0. The number of benzene rings is 3. The van der Waals surface area contributed by atoms with Gasteiger partial charge in [-0.25, -0.2) is 0 Å². The molecular formula is C22H16N2O. The van der Waals surface area contributed by atoms with Crippen molar-refractivity contribution in [3.05, 3.63) is 95.1 Å². The van der Waals surface area contributed by atoms with Crippen molar-refractivity contribution in [1.82, 2.24) is 0 Å². The zero-order valence-electron chi connectivity index (χ0n) is 13.6. The fourth-order valence-electron chi connectivity index (χ4n) is 2.66. The van der Waals surface area contributed by atoms with Crippen LogP contribution in [0.15, 0.2) is 72.8 Å². The van der Waals surface area contributed by atoms with E-state index in [1.807, 2.05) is 60.7 Å². The summed E-state index contributed by atoms with van der Waals surface area (Å²) in [4.78, 5) is 0. The van der Waals surface area contributed by atoms with Gasteiger partial charge >= 0.3 is 0 Å². The fourth-order valence-corrected chi connectivity index (χ4v) is 2.66. The third kappa shape index (κ3) is 4.12. The van der Waals surface area contributed by atoms with Crippen molar-refractivity contribution in [2.45, 2.75) is 13.2 Å². The van der Waals surface area contributed by atoms with E-state index in [9.17, 15) is 0 Å². The van der Waals surface area contributed by atoms with E-state index in [1.165, 1.54) is 0 Å². The van der Waals surface area contributed by atoms with Crippen LogP contribution in [0.4, 0.5) is 0 Å². The average molecular weight is 324 g/mol. The number of hydrogen-bond donors (Lipinski definition) is 0. The second-order valence-corrected chi connectivity index (χ2v) is 5.65. The van der Waals surface area contributed by atoms with Crippen LogP contribution < -0.4 is 0 Å². The molecule has 0 atom stereocenters. The Balaban J connectivity index is 1.72. The molecule has 0 N–H and O–H groups in total. The summed E-state index contributed by atoms with van der Waals surface area (Å²) in [6.45, 7) is 0.935. The van der Waals surface area contributed by atoms with Gasteiger partial charge in [0.1, 0.15) is 0 Å². The van der Waals surface area contributed by atoms with E-state index >= 15 is 0 Å². The minimum atomic E-state index is 0.456. The van der Waals surface area contributed by atoms with Gasteiger partial charge < -0.3 is 4.74 Å². The molecule has 0 spiro atoms. The molecule has 120 valence electrons. The second kappa shape index (κ2) is 7.93. The normalized spacial score (nSPS) is 10.0.